The maximum Gasteiger partial charge on any atom is 0.326 e. The van der Waals surface area contributed by atoms with Crippen LogP contribution in [0.3, 0.4) is 0 Å². The summed E-state index contributed by atoms with van der Waals surface area (Å²) in [4.78, 5) is 28.1. The highest BCUT2D eigenvalue weighted by Gasteiger charge is 2.26. The van der Waals surface area contributed by atoms with Crippen LogP contribution in [0.1, 0.15) is 26.1 Å². The lowest BCUT2D eigenvalue weighted by Gasteiger charge is -2.20. The number of carbonyl (C=O) groups is 2. The van der Waals surface area contributed by atoms with E-state index in [2.05, 4.69) is 10.3 Å². The molecule has 8 nitrogen and oxygen atoms in total. The first kappa shape index (κ1) is 19.9. The van der Waals surface area contributed by atoms with Crippen molar-refractivity contribution in [3.8, 4) is 0 Å². The zero-order chi connectivity index (χ0) is 19.5. The first-order valence-electron chi connectivity index (χ1n) is 8.26. The predicted octanol–water partition coefficient (Wildman–Crippen LogP) is 1.20. The van der Waals surface area contributed by atoms with Crippen LogP contribution in [0.15, 0.2) is 24.3 Å². The maximum atomic E-state index is 12.4. The average Bonchev–Trinajstić information content (AvgIpc) is 2.87. The van der Waals surface area contributed by atoms with Gasteiger partial charge in [0, 0.05) is 6.26 Å². The number of benzene rings is 1. The summed E-state index contributed by atoms with van der Waals surface area (Å²) < 4.78 is 24.9. The van der Waals surface area contributed by atoms with Crippen LogP contribution in [-0.4, -0.2) is 47.2 Å². The van der Waals surface area contributed by atoms with E-state index in [1.807, 2.05) is 6.92 Å². The van der Waals surface area contributed by atoms with Gasteiger partial charge in [0.15, 0.2) is 9.84 Å². The second-order valence-corrected chi connectivity index (χ2v) is 8.58. The molecule has 142 valence electrons. The Morgan fingerprint density at radius 3 is 2.54 bits per heavy atom. The lowest BCUT2D eigenvalue weighted by molar-refractivity contribution is -0.143. The van der Waals surface area contributed by atoms with Crippen LogP contribution in [0.2, 0.25) is 0 Å². The van der Waals surface area contributed by atoms with Gasteiger partial charge in [-0.3, -0.25) is 4.79 Å². The van der Waals surface area contributed by atoms with Gasteiger partial charge in [0.25, 0.3) is 0 Å². The molecule has 26 heavy (non-hydrogen) atoms. The molecule has 0 saturated heterocycles. The number of hydrogen-bond acceptors (Lipinski definition) is 5. The molecule has 2 atom stereocenters. The van der Waals surface area contributed by atoms with Crippen LogP contribution in [0.25, 0.3) is 11.0 Å². The van der Waals surface area contributed by atoms with Crippen LogP contribution in [-0.2, 0) is 31.7 Å². The number of imidazole rings is 1. The van der Waals surface area contributed by atoms with E-state index >= 15 is 0 Å². The minimum atomic E-state index is -3.35. The molecule has 1 heterocycles. The monoisotopic (exact) mass is 381 g/mol. The fourth-order valence-corrected chi connectivity index (χ4v) is 3.38. The smallest absolute Gasteiger partial charge is 0.326 e. The number of aromatic nitrogens is 2. The molecule has 9 heteroatoms. The number of carbonyl (C=O) groups excluding carboxylic acids is 1. The third-order valence-electron chi connectivity index (χ3n) is 4.22. The molecular formula is C17H23N3O5S. The van der Waals surface area contributed by atoms with E-state index in [1.54, 1.807) is 31.2 Å². The molecule has 2 rings (SSSR count). The van der Waals surface area contributed by atoms with Gasteiger partial charge in [-0.1, -0.05) is 32.4 Å². The number of nitrogens with one attached hydrogen (secondary N) is 1. The summed E-state index contributed by atoms with van der Waals surface area (Å²) in [5, 5.41) is 11.8. The van der Waals surface area contributed by atoms with E-state index in [1.165, 1.54) is 4.57 Å². The van der Waals surface area contributed by atoms with Gasteiger partial charge in [0.1, 0.15) is 24.2 Å². The van der Waals surface area contributed by atoms with Crippen LogP contribution in [0.4, 0.5) is 0 Å². The Balaban J connectivity index is 2.32. The van der Waals surface area contributed by atoms with Gasteiger partial charge in [-0.05, 0) is 18.1 Å². The third-order valence-corrected chi connectivity index (χ3v) is 5.00. The molecule has 0 fully saturated rings. The molecule has 2 unspecified atom stereocenters. The number of hydrogen-bond donors (Lipinski definition) is 2. The minimum Gasteiger partial charge on any atom is -0.480 e. The number of carboxylic acids is 1. The van der Waals surface area contributed by atoms with Crippen LogP contribution in [0, 0.1) is 5.92 Å². The van der Waals surface area contributed by atoms with Crippen molar-refractivity contribution in [2.45, 2.75) is 38.6 Å². The summed E-state index contributed by atoms with van der Waals surface area (Å²) in [6, 6.07) is 6.01. The fourth-order valence-electron chi connectivity index (χ4n) is 2.69. The first-order valence-corrected chi connectivity index (χ1v) is 10.3. The van der Waals surface area contributed by atoms with Gasteiger partial charge in [0.05, 0.1) is 11.0 Å². The topological polar surface area (TPSA) is 118 Å². The van der Waals surface area contributed by atoms with Crippen LogP contribution >= 0.6 is 0 Å². The van der Waals surface area contributed by atoms with Crippen LogP contribution in [0.5, 0.6) is 0 Å². The summed E-state index contributed by atoms with van der Waals surface area (Å²) in [5.74, 6) is -1.89. The highest BCUT2D eigenvalue weighted by Crippen LogP contribution is 2.18. The average molecular weight is 381 g/mol. The Bertz CT molecular complexity index is 920. The fraction of sp³-hybridized carbons (Fsp3) is 0.471. The van der Waals surface area contributed by atoms with Gasteiger partial charge in [-0.15, -0.1) is 0 Å². The predicted molar refractivity (Wildman–Crippen MR) is 97.3 cm³/mol. The Kier molecular flexibility index (Phi) is 6.01. The molecule has 1 amide bonds. The van der Waals surface area contributed by atoms with Gasteiger partial charge < -0.3 is 15.0 Å². The molecule has 0 radical (unpaired) electrons. The molecule has 0 aliphatic heterocycles. The summed E-state index contributed by atoms with van der Waals surface area (Å²) in [5.41, 5.74) is 1.20. The summed E-state index contributed by atoms with van der Waals surface area (Å²) in [6.07, 6.45) is 1.70. The summed E-state index contributed by atoms with van der Waals surface area (Å²) >= 11 is 0. The minimum absolute atomic E-state index is 0.203. The number of amides is 1. The molecule has 2 N–H and O–H groups in total. The Hall–Kier alpha value is -2.42. The Morgan fingerprint density at radius 2 is 1.96 bits per heavy atom. The quantitative estimate of drug-likeness (QED) is 0.709. The molecule has 1 aromatic heterocycles. The number of carboxylic acid groups (broad SMARTS) is 1. The standard InChI is InChI=1S/C17H23N3O5S/c1-4-11(2)16(17(22)23)19-15(21)9-20-13-8-6-5-7-12(13)18-14(20)10-26(3,24)25/h5-8,11,16H,4,9-10H2,1-3H3,(H,19,21)(H,22,23). The first-order chi connectivity index (χ1) is 12.1. The maximum absolute atomic E-state index is 12.4. The van der Waals surface area contributed by atoms with Crippen molar-refractivity contribution in [3.05, 3.63) is 30.1 Å². The number of para-hydroxylation sites is 2. The molecule has 0 bridgehead atoms. The molecular weight excluding hydrogens is 358 g/mol. The van der Waals surface area contributed by atoms with E-state index < -0.39 is 27.8 Å². The molecule has 2 aromatic rings. The third kappa shape index (κ3) is 4.81. The highest BCUT2D eigenvalue weighted by atomic mass is 32.2. The molecule has 0 aliphatic carbocycles. The Labute approximate surface area is 152 Å². The zero-order valence-electron chi connectivity index (χ0n) is 15.0. The van der Waals surface area contributed by atoms with Gasteiger partial charge in [-0.25, -0.2) is 18.2 Å². The lowest BCUT2D eigenvalue weighted by atomic mass is 9.99. The zero-order valence-corrected chi connectivity index (χ0v) is 15.8. The summed E-state index contributed by atoms with van der Waals surface area (Å²) in [7, 11) is -3.35. The van der Waals surface area contributed by atoms with Crippen molar-refractivity contribution in [2.24, 2.45) is 5.92 Å². The van der Waals surface area contributed by atoms with E-state index in [-0.39, 0.29) is 24.0 Å². The second kappa shape index (κ2) is 7.86. The van der Waals surface area contributed by atoms with Gasteiger partial charge >= 0.3 is 5.97 Å². The SMILES string of the molecule is CCC(C)C(NC(=O)Cn1c(CS(C)(=O)=O)nc2ccccc21)C(=O)O. The van der Waals surface area contributed by atoms with E-state index in [4.69, 9.17) is 0 Å². The molecule has 0 aliphatic rings. The number of rotatable bonds is 8. The lowest BCUT2D eigenvalue weighted by Crippen LogP contribution is -2.46. The summed E-state index contributed by atoms with van der Waals surface area (Å²) in [6.45, 7) is 3.40. The number of fused-ring (bicyclic) bond motifs is 1. The van der Waals surface area contributed by atoms with E-state index in [0.717, 1.165) is 6.26 Å². The van der Waals surface area contributed by atoms with Crippen LogP contribution < -0.4 is 5.32 Å². The van der Waals surface area contributed by atoms with Crippen molar-refractivity contribution < 1.29 is 23.1 Å². The molecule has 0 saturated carbocycles. The number of nitrogens with zero attached hydrogens (tertiary/aromatic N) is 2. The Morgan fingerprint density at radius 1 is 1.31 bits per heavy atom. The van der Waals surface area contributed by atoms with Crippen molar-refractivity contribution in [1.82, 2.24) is 14.9 Å². The van der Waals surface area contributed by atoms with Crippen molar-refractivity contribution >= 4 is 32.7 Å². The second-order valence-electron chi connectivity index (χ2n) is 6.44. The van der Waals surface area contributed by atoms with Crippen molar-refractivity contribution in [2.75, 3.05) is 6.26 Å². The molecule has 0 spiro atoms. The largest absolute Gasteiger partial charge is 0.480 e. The van der Waals surface area contributed by atoms with Gasteiger partial charge in [0.2, 0.25) is 5.91 Å². The normalized spacial score (nSPS) is 14.1. The number of sulfone groups is 1. The van der Waals surface area contributed by atoms with Crippen molar-refractivity contribution in [3.63, 3.8) is 0 Å². The van der Waals surface area contributed by atoms with Gasteiger partial charge in [-0.2, -0.15) is 0 Å². The van der Waals surface area contributed by atoms with E-state index in [0.29, 0.717) is 17.5 Å². The van der Waals surface area contributed by atoms with E-state index in [9.17, 15) is 23.1 Å². The number of aliphatic carboxylic acids is 1. The van der Waals surface area contributed by atoms with Crippen molar-refractivity contribution in [1.29, 1.82) is 0 Å². The molecule has 1 aromatic carbocycles. The highest BCUT2D eigenvalue weighted by molar-refractivity contribution is 7.89.